The number of aromatic nitrogens is 2. The Bertz CT molecular complexity index is 1650. The van der Waals surface area contributed by atoms with E-state index >= 15 is 0 Å². The largest absolute Gasteiger partial charge is 0.444 e. The normalized spacial score (nSPS) is 21.1. The Kier molecular flexibility index (Phi) is 16.6. The lowest BCUT2D eigenvalue weighted by Crippen LogP contribution is -2.45. The molecular formula is C42H68Br2N6O5S. The van der Waals surface area contributed by atoms with Crippen LogP contribution in [0, 0.1) is 11.8 Å². The van der Waals surface area contributed by atoms with E-state index in [2.05, 4.69) is 74.2 Å². The molecule has 56 heavy (non-hydrogen) atoms. The van der Waals surface area contributed by atoms with Gasteiger partial charge in [0.25, 0.3) is 0 Å². The first kappa shape index (κ1) is 48.2. The number of hydrogen-bond acceptors (Lipinski definition) is 8. The molecule has 316 valence electrons. The van der Waals surface area contributed by atoms with Crippen LogP contribution in [0.1, 0.15) is 152 Å². The van der Waals surface area contributed by atoms with Gasteiger partial charge in [-0.3, -0.25) is 0 Å². The highest BCUT2D eigenvalue weighted by Gasteiger charge is 2.44. The van der Waals surface area contributed by atoms with Crippen molar-refractivity contribution in [2.24, 2.45) is 17.6 Å². The molecule has 0 radical (unpaired) electrons. The lowest BCUT2D eigenvalue weighted by Gasteiger charge is -2.33. The number of nitrogens with one attached hydrogen (secondary N) is 1. The summed E-state index contributed by atoms with van der Waals surface area (Å²) in [7, 11) is -1.21. The van der Waals surface area contributed by atoms with E-state index in [-0.39, 0.29) is 40.1 Å². The van der Waals surface area contributed by atoms with Gasteiger partial charge in [0.15, 0.2) is 0 Å². The minimum atomic E-state index is -1.21. The van der Waals surface area contributed by atoms with E-state index < -0.39 is 22.2 Å². The van der Waals surface area contributed by atoms with E-state index in [4.69, 9.17) is 15.2 Å². The van der Waals surface area contributed by atoms with Crippen molar-refractivity contribution in [3.8, 4) is 0 Å². The van der Waals surface area contributed by atoms with E-state index in [1.807, 2.05) is 109 Å². The lowest BCUT2D eigenvalue weighted by atomic mass is 9.91. The van der Waals surface area contributed by atoms with Crippen molar-refractivity contribution >= 4 is 55.0 Å². The van der Waals surface area contributed by atoms with Crippen molar-refractivity contribution in [3.63, 3.8) is 0 Å². The quantitative estimate of drug-likeness (QED) is 0.225. The summed E-state index contributed by atoms with van der Waals surface area (Å²) in [5, 5.41) is 0. The summed E-state index contributed by atoms with van der Waals surface area (Å²) < 4.78 is 28.5. The van der Waals surface area contributed by atoms with Crippen LogP contribution >= 0.6 is 31.9 Å². The molecule has 0 bridgehead atoms. The highest BCUT2D eigenvalue weighted by Crippen LogP contribution is 2.39. The lowest BCUT2D eigenvalue weighted by molar-refractivity contribution is 0.0118. The molecule has 0 aliphatic carbocycles. The van der Waals surface area contributed by atoms with Crippen LogP contribution in [0.5, 0.6) is 0 Å². The molecule has 2 amide bonds. The SMILES string of the molecule is CC(C)(C)OC(=O)N1C[C@@H](CCC(N)c2cccc(Br)n2)CC1(C)C.CC(C)(C)OC(=O)N1C[C@@H](CCC(NS(=O)C(C)(C)C)c2cccc(Br)n2)CC1(C)C. The maximum absolute atomic E-state index is 12.8. The van der Waals surface area contributed by atoms with Gasteiger partial charge in [0.2, 0.25) is 0 Å². The second-order valence-electron chi connectivity index (χ2n) is 19.5. The van der Waals surface area contributed by atoms with Gasteiger partial charge in [0, 0.05) is 30.2 Å². The summed E-state index contributed by atoms with van der Waals surface area (Å²) in [6.45, 7) is 27.0. The Morgan fingerprint density at radius 1 is 0.786 bits per heavy atom. The molecule has 4 rings (SSSR count). The number of likely N-dealkylation sites (tertiary alicyclic amines) is 2. The van der Waals surface area contributed by atoms with Crippen LogP contribution in [0.3, 0.4) is 0 Å². The molecule has 11 nitrogen and oxygen atoms in total. The molecule has 2 fully saturated rings. The zero-order valence-corrected chi connectivity index (χ0v) is 40.0. The first-order valence-electron chi connectivity index (χ1n) is 19.8. The molecule has 2 aromatic rings. The molecule has 2 aliphatic heterocycles. The standard InChI is InChI=1S/C23H38BrN3O3S.C19H30BrN3O2/c1-21(2,3)30-20(28)27-15-16(14-23(27,7)8)12-13-18(26-31(29)22(4,5)6)17-10-9-11-19(24)25-17;1-18(2,3)25-17(24)23-12-13(11-19(23,4)5)9-10-14(21)15-7-6-8-16(20)22-15/h9-11,16,18,26H,12-15H2,1-8H3;6-8,13-14H,9-12,21H2,1-5H3/t16-,18?,31?;13-,14?/m00/s1. The van der Waals surface area contributed by atoms with Crippen molar-refractivity contribution < 1.29 is 23.3 Å². The van der Waals surface area contributed by atoms with Gasteiger partial charge in [-0.15, -0.1) is 0 Å². The van der Waals surface area contributed by atoms with Crippen molar-refractivity contribution in [2.75, 3.05) is 13.1 Å². The van der Waals surface area contributed by atoms with Crippen molar-refractivity contribution in [1.29, 1.82) is 0 Å². The number of rotatable bonds is 10. The first-order valence-corrected chi connectivity index (χ1v) is 22.5. The van der Waals surface area contributed by atoms with E-state index in [9.17, 15) is 13.8 Å². The van der Waals surface area contributed by atoms with Gasteiger partial charge in [-0.2, -0.15) is 0 Å². The van der Waals surface area contributed by atoms with Gasteiger partial charge in [-0.25, -0.2) is 28.5 Å². The topological polar surface area (TPSA) is 140 Å². The van der Waals surface area contributed by atoms with Crippen LogP contribution in [0.25, 0.3) is 0 Å². The highest BCUT2D eigenvalue weighted by molar-refractivity contribution is 9.10. The second kappa shape index (κ2) is 19.3. The zero-order chi connectivity index (χ0) is 42.4. The van der Waals surface area contributed by atoms with Crippen LogP contribution in [0.2, 0.25) is 0 Å². The highest BCUT2D eigenvalue weighted by atomic mass is 79.9. The van der Waals surface area contributed by atoms with Crippen molar-refractivity contribution in [3.05, 3.63) is 57.0 Å². The number of nitrogens with two attached hydrogens (primary N) is 1. The maximum atomic E-state index is 12.8. The third-order valence-corrected chi connectivity index (χ3v) is 12.4. The summed E-state index contributed by atoms with van der Waals surface area (Å²) in [6, 6.07) is 11.4. The third-order valence-electron chi connectivity index (χ3n) is 9.91. The summed E-state index contributed by atoms with van der Waals surface area (Å²) in [6.07, 6.45) is 4.90. The number of amides is 2. The van der Waals surface area contributed by atoms with Crippen LogP contribution in [-0.4, -0.2) is 76.3 Å². The number of ether oxygens (including phenoxy) is 2. The number of carbonyl (C=O) groups excluding carboxylic acids is 2. The Morgan fingerprint density at radius 3 is 1.61 bits per heavy atom. The maximum Gasteiger partial charge on any atom is 0.410 e. The Balaban J connectivity index is 0.000000307. The van der Waals surface area contributed by atoms with E-state index in [0.717, 1.165) is 65.7 Å². The third kappa shape index (κ3) is 15.2. The molecule has 3 unspecified atom stereocenters. The fraction of sp³-hybridized carbons (Fsp3) is 0.714. The molecule has 5 atom stereocenters. The summed E-state index contributed by atoms with van der Waals surface area (Å²) in [5.74, 6) is 0.780. The molecule has 2 aromatic heterocycles. The molecule has 2 aliphatic rings. The Morgan fingerprint density at radius 2 is 1.20 bits per heavy atom. The van der Waals surface area contributed by atoms with Crippen molar-refractivity contribution in [2.45, 2.75) is 168 Å². The van der Waals surface area contributed by atoms with E-state index in [0.29, 0.717) is 18.4 Å². The van der Waals surface area contributed by atoms with E-state index in [1.165, 1.54) is 0 Å². The van der Waals surface area contributed by atoms with Crippen LogP contribution in [-0.2, 0) is 20.5 Å². The molecular weight excluding hydrogens is 860 g/mol. The smallest absolute Gasteiger partial charge is 0.410 e. The second-order valence-corrected chi connectivity index (χ2v) is 23.2. The van der Waals surface area contributed by atoms with Gasteiger partial charge in [0.05, 0.1) is 33.2 Å². The van der Waals surface area contributed by atoms with Crippen LogP contribution in [0.15, 0.2) is 45.6 Å². The van der Waals surface area contributed by atoms with Crippen LogP contribution in [0.4, 0.5) is 9.59 Å². The minimum Gasteiger partial charge on any atom is -0.444 e. The number of nitrogens with zero attached hydrogens (tertiary/aromatic N) is 4. The number of hydrogen-bond donors (Lipinski definition) is 2. The predicted molar refractivity (Wildman–Crippen MR) is 233 cm³/mol. The molecule has 3 N–H and O–H groups in total. The zero-order valence-electron chi connectivity index (χ0n) is 36.0. The van der Waals surface area contributed by atoms with Gasteiger partial charge >= 0.3 is 12.2 Å². The molecule has 0 aromatic carbocycles. The number of halogens is 2. The minimum absolute atomic E-state index is 0.0869. The van der Waals surface area contributed by atoms with Gasteiger partial charge < -0.3 is 25.0 Å². The van der Waals surface area contributed by atoms with Crippen LogP contribution < -0.4 is 10.5 Å². The van der Waals surface area contributed by atoms with Gasteiger partial charge in [-0.05, 0) is 196 Å². The average Bonchev–Trinajstić information content (AvgIpc) is 3.53. The van der Waals surface area contributed by atoms with Gasteiger partial charge in [-0.1, -0.05) is 12.1 Å². The summed E-state index contributed by atoms with van der Waals surface area (Å²) in [5.41, 5.74) is 6.64. The average molecular weight is 929 g/mol. The van der Waals surface area contributed by atoms with Crippen molar-refractivity contribution in [1.82, 2.24) is 24.5 Å². The summed E-state index contributed by atoms with van der Waals surface area (Å²) in [4.78, 5) is 38.0. The summed E-state index contributed by atoms with van der Waals surface area (Å²) >= 11 is 6.83. The predicted octanol–water partition coefficient (Wildman–Crippen LogP) is 10.4. The van der Waals surface area contributed by atoms with Gasteiger partial charge in [0.1, 0.15) is 20.4 Å². The molecule has 4 heterocycles. The monoisotopic (exact) mass is 926 g/mol. The molecule has 0 spiro atoms. The molecule has 14 heteroatoms. The number of pyridine rings is 2. The number of carbonyl (C=O) groups is 2. The fourth-order valence-electron chi connectivity index (χ4n) is 7.22. The van der Waals surface area contributed by atoms with E-state index in [1.54, 1.807) is 0 Å². The molecule has 0 saturated carbocycles. The Labute approximate surface area is 356 Å². The Hall–Kier alpha value is -2.13. The fourth-order valence-corrected chi connectivity index (χ4v) is 8.79. The first-order chi connectivity index (χ1) is 25.6. The molecule has 2 saturated heterocycles.